The lowest BCUT2D eigenvalue weighted by molar-refractivity contribution is 0.670. The fourth-order valence-corrected chi connectivity index (χ4v) is 9.41. The molecule has 0 bridgehead atoms. The molecule has 0 aliphatic carbocycles. The predicted molar refractivity (Wildman–Crippen MR) is 248 cm³/mol. The number of hydrogen-bond acceptors (Lipinski definition) is 5. The highest BCUT2D eigenvalue weighted by atomic mass is 32.1. The molecular weight excluding hydrogens is 685 g/mol. The van der Waals surface area contributed by atoms with Crippen LogP contribution in [-0.4, -0.2) is 54.2 Å². The maximum atomic E-state index is 6.67. The summed E-state index contributed by atoms with van der Waals surface area (Å²) in [5.74, 6) is 1.89. The van der Waals surface area contributed by atoms with Crippen molar-refractivity contribution in [3.63, 3.8) is 0 Å². The summed E-state index contributed by atoms with van der Waals surface area (Å²) in [6, 6.07) is 46.7. The van der Waals surface area contributed by atoms with Crippen LogP contribution >= 0.6 is 11.3 Å². The van der Waals surface area contributed by atoms with Crippen LogP contribution in [0.3, 0.4) is 0 Å². The number of fused-ring (bicyclic) bond motifs is 6. The van der Waals surface area contributed by atoms with Gasteiger partial charge in [-0.15, -0.1) is 27.7 Å². The number of benzene rings is 7. The monoisotopic (exact) mass is 717 g/mol. The molecule has 0 spiro atoms. The van der Waals surface area contributed by atoms with E-state index in [1.807, 2.05) is 47.7 Å². The van der Waals surface area contributed by atoms with Crippen LogP contribution in [-0.2, 0) is 0 Å². The first-order valence-electron chi connectivity index (χ1n) is 18.7. The molecule has 3 heterocycles. The molecule has 0 aliphatic rings. The summed E-state index contributed by atoms with van der Waals surface area (Å²) < 4.78 is 9.23. The minimum absolute atomic E-state index is 0.617. The van der Waals surface area contributed by atoms with Gasteiger partial charge in [0.2, 0.25) is 0 Å². The predicted octanol–water partition coefficient (Wildman–Crippen LogP) is 3.77. The van der Waals surface area contributed by atoms with Gasteiger partial charge in [0, 0.05) is 58.8 Å². The Morgan fingerprint density at radius 2 is 0.964 bits per heavy atom. The summed E-state index contributed by atoms with van der Waals surface area (Å²) in [6.07, 6.45) is 0. The van der Waals surface area contributed by atoms with E-state index in [4.69, 9.17) is 19.4 Å². The van der Waals surface area contributed by atoms with Crippen molar-refractivity contribution in [1.29, 1.82) is 0 Å². The first-order chi connectivity index (χ1) is 26.8. The Balaban J connectivity index is 1.10. The normalized spacial score (nSPS) is 11.6. The molecule has 7 aromatic carbocycles. The average molecular weight is 717 g/mol. The molecule has 0 saturated carbocycles. The summed E-state index contributed by atoms with van der Waals surface area (Å²) in [4.78, 5) is 15.2. The van der Waals surface area contributed by atoms with E-state index in [0.717, 1.165) is 44.2 Å². The molecule has 10 heteroatoms. The fourth-order valence-electron chi connectivity index (χ4n) is 8.18. The Kier molecular flexibility index (Phi) is 7.93. The Morgan fingerprint density at radius 1 is 0.418 bits per heavy atom. The van der Waals surface area contributed by atoms with Gasteiger partial charge >= 0.3 is 0 Å². The van der Waals surface area contributed by atoms with E-state index >= 15 is 0 Å². The van der Waals surface area contributed by atoms with Gasteiger partial charge in [0.15, 0.2) is 17.5 Å². The van der Waals surface area contributed by atoms with E-state index in [0.29, 0.717) is 17.5 Å². The van der Waals surface area contributed by atoms with Crippen molar-refractivity contribution in [2.75, 3.05) is 0 Å². The molecule has 0 saturated heterocycles. The third-order valence-electron chi connectivity index (χ3n) is 11.5. The zero-order chi connectivity index (χ0) is 37.4. The molecule has 4 nitrogen and oxygen atoms in total. The second kappa shape index (κ2) is 13.0. The molecule has 0 unspecified atom stereocenters. The van der Waals surface area contributed by atoms with Crippen LogP contribution in [0.1, 0.15) is 0 Å². The standard InChI is InChI=1S/C45H32B5N3OS/c46-36-35(37(47)39(49)40(50)38(36)48)23-16-18-25(19-17-23)44-51-43(24-8-2-1-3-9-24)52-45(53-44)26-20-21-33-32(22-26)29-12-6-11-28(41(29)54-33)31-14-7-13-30-27-10-4-5-15-34(27)55-42(30)31/h1-22H,46-50H2. The lowest BCUT2D eigenvalue weighted by atomic mass is 9.59. The number of thiophene rings is 1. The van der Waals surface area contributed by atoms with E-state index in [-0.39, 0.29) is 0 Å². The van der Waals surface area contributed by atoms with E-state index in [1.165, 1.54) is 64.2 Å². The lowest BCUT2D eigenvalue weighted by Crippen LogP contribution is -2.55. The first kappa shape index (κ1) is 33.5. The maximum Gasteiger partial charge on any atom is 0.164 e. The van der Waals surface area contributed by atoms with Gasteiger partial charge in [-0.2, -0.15) is 0 Å². The summed E-state index contributed by atoms with van der Waals surface area (Å²) in [5.41, 5.74) is 16.0. The largest absolute Gasteiger partial charge is 0.455 e. The average Bonchev–Trinajstić information content (AvgIpc) is 3.81. The number of aromatic nitrogens is 3. The van der Waals surface area contributed by atoms with Crippen molar-refractivity contribution < 1.29 is 4.42 Å². The van der Waals surface area contributed by atoms with E-state index in [1.54, 1.807) is 0 Å². The van der Waals surface area contributed by atoms with Crippen LogP contribution in [0.4, 0.5) is 0 Å². The van der Waals surface area contributed by atoms with Gasteiger partial charge in [-0.3, -0.25) is 0 Å². The lowest BCUT2D eigenvalue weighted by Gasteiger charge is -2.20. The number of furan rings is 1. The Bertz CT molecular complexity index is 3130. The molecular formula is C45H32B5N3OS. The molecule has 0 atom stereocenters. The molecule has 3 aromatic heterocycles. The topological polar surface area (TPSA) is 51.8 Å². The van der Waals surface area contributed by atoms with Crippen molar-refractivity contribution in [1.82, 2.24) is 15.0 Å². The van der Waals surface area contributed by atoms with Crippen LogP contribution in [0.5, 0.6) is 0 Å². The van der Waals surface area contributed by atoms with Crippen molar-refractivity contribution in [2.45, 2.75) is 0 Å². The zero-order valence-electron chi connectivity index (χ0n) is 31.4. The second-order valence-corrected chi connectivity index (χ2v) is 15.6. The highest BCUT2D eigenvalue weighted by molar-refractivity contribution is 7.26. The Hall–Kier alpha value is -6.11. The van der Waals surface area contributed by atoms with Crippen LogP contribution in [0.2, 0.25) is 0 Å². The van der Waals surface area contributed by atoms with Crippen LogP contribution in [0, 0.1) is 0 Å². The number of hydrogen-bond donors (Lipinski definition) is 0. The number of para-hydroxylation sites is 1. The first-order valence-corrected chi connectivity index (χ1v) is 19.5. The third-order valence-corrected chi connectivity index (χ3v) is 12.8. The van der Waals surface area contributed by atoms with Gasteiger partial charge in [0.05, 0.1) is 0 Å². The van der Waals surface area contributed by atoms with Gasteiger partial charge in [0.1, 0.15) is 50.4 Å². The summed E-state index contributed by atoms with van der Waals surface area (Å²) in [7, 11) is 11.1. The van der Waals surface area contributed by atoms with E-state index in [9.17, 15) is 0 Å². The van der Waals surface area contributed by atoms with Crippen LogP contribution in [0.15, 0.2) is 138 Å². The Labute approximate surface area is 327 Å². The molecule has 55 heavy (non-hydrogen) atoms. The zero-order valence-corrected chi connectivity index (χ0v) is 32.2. The van der Waals surface area contributed by atoms with Crippen molar-refractivity contribution in [3.8, 4) is 56.4 Å². The molecule has 10 aromatic rings. The van der Waals surface area contributed by atoms with Gasteiger partial charge < -0.3 is 4.42 Å². The van der Waals surface area contributed by atoms with Gasteiger partial charge in [-0.25, -0.2) is 15.0 Å². The van der Waals surface area contributed by atoms with Crippen molar-refractivity contribution in [3.05, 3.63) is 133 Å². The van der Waals surface area contributed by atoms with E-state index in [2.05, 4.69) is 136 Å². The minimum atomic E-state index is 0.617. The molecule has 254 valence electrons. The van der Waals surface area contributed by atoms with Crippen molar-refractivity contribution >= 4 is 120 Å². The maximum absolute atomic E-state index is 6.67. The van der Waals surface area contributed by atoms with Gasteiger partial charge in [-0.05, 0) is 35.4 Å². The third kappa shape index (κ3) is 5.46. The van der Waals surface area contributed by atoms with E-state index < -0.39 is 0 Å². The van der Waals surface area contributed by atoms with Crippen LogP contribution < -0.4 is 27.3 Å². The summed E-state index contributed by atoms with van der Waals surface area (Å²) >= 11 is 1.84. The van der Waals surface area contributed by atoms with Gasteiger partial charge in [-0.1, -0.05) is 120 Å². The molecule has 0 N–H and O–H groups in total. The molecule has 0 amide bonds. The Morgan fingerprint density at radius 3 is 1.69 bits per heavy atom. The minimum Gasteiger partial charge on any atom is -0.455 e. The molecule has 0 radical (unpaired) electrons. The smallest absolute Gasteiger partial charge is 0.164 e. The fraction of sp³-hybridized carbons (Fsp3) is 0. The molecule has 0 fully saturated rings. The quantitative estimate of drug-likeness (QED) is 0.255. The molecule has 0 aliphatic heterocycles. The summed E-state index contributed by atoms with van der Waals surface area (Å²) in [6.45, 7) is 0. The number of nitrogens with zero attached hydrogens (tertiary/aromatic N) is 3. The SMILES string of the molecule is Bc1c(B)c(B)c(-c2ccc(-c3nc(-c4ccccc4)nc(-c4ccc5oc6c(-c7cccc8c7sc7ccccc78)cccc6c5c4)n3)cc2)c(B)c1B. The summed E-state index contributed by atoms with van der Waals surface area (Å²) in [5, 5.41) is 4.65. The highest BCUT2D eigenvalue weighted by Gasteiger charge is 2.19. The highest BCUT2D eigenvalue weighted by Crippen LogP contribution is 2.43. The van der Waals surface area contributed by atoms with Crippen LogP contribution in [0.25, 0.3) is 98.5 Å². The number of rotatable bonds is 5. The van der Waals surface area contributed by atoms with Gasteiger partial charge in [0.25, 0.3) is 0 Å². The molecule has 10 rings (SSSR count). The van der Waals surface area contributed by atoms with Crippen molar-refractivity contribution in [2.24, 2.45) is 0 Å². The second-order valence-electron chi connectivity index (χ2n) is 14.5.